The van der Waals surface area contributed by atoms with E-state index in [4.69, 9.17) is 23.2 Å². The predicted molar refractivity (Wildman–Crippen MR) is 136 cm³/mol. The number of hydrazone groups is 1. The number of nitrogens with one attached hydrogen (secondary N) is 1. The molecule has 0 aliphatic rings. The Hall–Kier alpha value is -2.18. The van der Waals surface area contributed by atoms with E-state index < -0.39 is 20.0 Å². The molecule has 13 heteroatoms. The zero-order valence-corrected chi connectivity index (χ0v) is 22.2. The average molecular weight is 562 g/mol. The van der Waals surface area contributed by atoms with Crippen LogP contribution in [0.15, 0.2) is 67.8 Å². The quantitative estimate of drug-likeness (QED) is 0.242. The molecule has 0 amide bonds. The molecule has 0 atom stereocenters. The van der Waals surface area contributed by atoms with Gasteiger partial charge in [0.1, 0.15) is 5.15 Å². The van der Waals surface area contributed by atoms with Crippen molar-refractivity contribution in [2.45, 2.75) is 36.6 Å². The first-order chi connectivity index (χ1) is 16.0. The Morgan fingerprint density at radius 3 is 2.47 bits per heavy atom. The van der Waals surface area contributed by atoms with Gasteiger partial charge in [0, 0.05) is 12.4 Å². The van der Waals surface area contributed by atoms with E-state index in [1.54, 1.807) is 44.2 Å². The van der Waals surface area contributed by atoms with Crippen molar-refractivity contribution in [3.05, 3.63) is 74.5 Å². The maximum absolute atomic E-state index is 12.7. The molecule has 0 bridgehead atoms. The molecule has 3 aromatic rings. The van der Waals surface area contributed by atoms with Crippen LogP contribution in [0.5, 0.6) is 0 Å². The number of benzene rings is 2. The summed E-state index contributed by atoms with van der Waals surface area (Å²) in [5.74, 6) is 0.336. The summed E-state index contributed by atoms with van der Waals surface area (Å²) in [5.41, 5.74) is 1.37. The number of aryl methyl sites for hydroxylation is 2. The fourth-order valence-electron chi connectivity index (χ4n) is 2.92. The predicted octanol–water partition coefficient (Wildman–Crippen LogP) is 4.05. The third-order valence-electron chi connectivity index (χ3n) is 4.61. The Bertz CT molecular complexity index is 1480. The lowest BCUT2D eigenvalue weighted by Crippen LogP contribution is -2.19. The van der Waals surface area contributed by atoms with E-state index in [0.29, 0.717) is 29.3 Å². The number of rotatable bonds is 9. The molecule has 182 valence electrons. The minimum Gasteiger partial charge on any atom is -0.306 e. The molecule has 0 unspecified atom stereocenters. The fraction of sp³-hybridized carbons (Fsp3) is 0.238. The number of hydrogen-bond donors (Lipinski definition) is 1. The first kappa shape index (κ1) is 26.4. The number of nitrogens with zero attached hydrogens (tertiary/aromatic N) is 3. The van der Waals surface area contributed by atoms with Gasteiger partial charge in [-0.25, -0.2) is 4.83 Å². The molecule has 0 fully saturated rings. The van der Waals surface area contributed by atoms with Crippen molar-refractivity contribution >= 4 is 60.8 Å². The fourth-order valence-corrected chi connectivity index (χ4v) is 6.68. The molecule has 0 aliphatic carbocycles. The number of sulfonamides is 2. The maximum atomic E-state index is 12.7. The van der Waals surface area contributed by atoms with E-state index in [1.807, 2.05) is 6.07 Å². The molecule has 0 saturated heterocycles. The molecular formula is C21H22Cl2N4O4S3. The van der Waals surface area contributed by atoms with Crippen LogP contribution in [0.1, 0.15) is 22.4 Å². The molecule has 3 rings (SSSR count). The van der Waals surface area contributed by atoms with Gasteiger partial charge in [0.05, 0.1) is 20.9 Å². The highest BCUT2D eigenvalue weighted by atomic mass is 35.5. The van der Waals surface area contributed by atoms with Crippen LogP contribution >= 0.6 is 34.5 Å². The number of halogens is 2. The highest BCUT2D eigenvalue weighted by molar-refractivity contribution is 7.90. The normalized spacial score (nSPS) is 13.0. The zero-order chi connectivity index (χ0) is 24.9. The Labute approximate surface area is 212 Å². The van der Waals surface area contributed by atoms with Gasteiger partial charge in [-0.2, -0.15) is 21.9 Å². The van der Waals surface area contributed by atoms with E-state index in [-0.39, 0.29) is 19.7 Å². The molecule has 0 saturated carbocycles. The molecule has 1 N–H and O–H groups in total. The molecule has 0 aliphatic heterocycles. The summed E-state index contributed by atoms with van der Waals surface area (Å²) in [4.78, 5) is 2.79. The van der Waals surface area contributed by atoms with Gasteiger partial charge in [-0.1, -0.05) is 53.3 Å². The van der Waals surface area contributed by atoms with Crippen molar-refractivity contribution in [1.82, 2.24) is 9.40 Å². The van der Waals surface area contributed by atoms with Gasteiger partial charge in [-0.3, -0.25) is 0 Å². The van der Waals surface area contributed by atoms with Crippen molar-refractivity contribution in [2.75, 3.05) is 5.88 Å². The monoisotopic (exact) mass is 560 g/mol. The summed E-state index contributed by atoms with van der Waals surface area (Å²) in [6.07, 6.45) is 1.74. The smallest absolute Gasteiger partial charge is 0.285 e. The Kier molecular flexibility index (Phi) is 8.58. The lowest BCUT2D eigenvalue weighted by molar-refractivity contribution is 0.583. The lowest BCUT2D eigenvalue weighted by Gasteiger charge is -2.07. The van der Waals surface area contributed by atoms with Gasteiger partial charge in [-0.15, -0.1) is 16.0 Å². The Morgan fingerprint density at radius 1 is 1.09 bits per heavy atom. The molecule has 1 aromatic heterocycles. The Balaban J connectivity index is 1.97. The molecule has 0 spiro atoms. The molecule has 1 heterocycles. The van der Waals surface area contributed by atoms with E-state index >= 15 is 0 Å². The van der Waals surface area contributed by atoms with E-state index in [1.165, 1.54) is 22.9 Å². The summed E-state index contributed by atoms with van der Waals surface area (Å²) >= 11 is 13.2. The molecule has 8 nitrogen and oxygen atoms in total. The van der Waals surface area contributed by atoms with Crippen LogP contribution in [0.3, 0.4) is 0 Å². The number of alkyl halides is 1. The van der Waals surface area contributed by atoms with Gasteiger partial charge < -0.3 is 4.57 Å². The molecular weight excluding hydrogens is 539 g/mol. The van der Waals surface area contributed by atoms with Crippen LogP contribution in [0.2, 0.25) is 5.15 Å². The second-order valence-electron chi connectivity index (χ2n) is 7.24. The first-order valence-corrected chi connectivity index (χ1v) is 14.6. The summed E-state index contributed by atoms with van der Waals surface area (Å²) in [6, 6.07) is 12.9. The minimum absolute atomic E-state index is 0.0416. The van der Waals surface area contributed by atoms with Crippen molar-refractivity contribution in [3.8, 4) is 0 Å². The highest BCUT2D eigenvalue weighted by Crippen LogP contribution is 2.20. The minimum atomic E-state index is -3.99. The van der Waals surface area contributed by atoms with Gasteiger partial charge in [-0.05, 0) is 49.6 Å². The van der Waals surface area contributed by atoms with Crippen LogP contribution in [0, 0.1) is 13.8 Å². The van der Waals surface area contributed by atoms with Crippen molar-refractivity contribution < 1.29 is 16.8 Å². The largest absolute Gasteiger partial charge is 0.306 e. The van der Waals surface area contributed by atoms with Crippen LogP contribution < -0.4 is 9.63 Å². The molecule has 34 heavy (non-hydrogen) atoms. The first-order valence-electron chi connectivity index (χ1n) is 9.98. The standard InChI is InChI=1S/C21H22Cl2N4O4S3/c1-15-9-10-16(2)19(13-15)34(30,31)26-24-14-18-20(23)27(12-6-11-22)21(32-18)25-33(28,29)17-7-4-3-5-8-17/h3-5,7-10,13-14,26H,6,11-12H2,1-2H3. The van der Waals surface area contributed by atoms with Crippen LogP contribution in [-0.4, -0.2) is 33.5 Å². The second kappa shape index (κ2) is 11.0. The molecule has 2 aromatic carbocycles. The van der Waals surface area contributed by atoms with E-state index in [9.17, 15) is 16.8 Å². The summed E-state index contributed by atoms with van der Waals surface area (Å²) in [5, 5.41) is 4.02. The van der Waals surface area contributed by atoms with Gasteiger partial charge in [0.2, 0.25) is 4.80 Å². The van der Waals surface area contributed by atoms with Crippen LogP contribution in [0.25, 0.3) is 0 Å². The highest BCUT2D eigenvalue weighted by Gasteiger charge is 2.18. The van der Waals surface area contributed by atoms with Gasteiger partial charge in [0.25, 0.3) is 20.0 Å². The second-order valence-corrected chi connectivity index (χ2v) is 12.2. The lowest BCUT2D eigenvalue weighted by atomic mass is 10.2. The maximum Gasteiger partial charge on any atom is 0.285 e. The average Bonchev–Trinajstić information content (AvgIpc) is 3.07. The summed E-state index contributed by atoms with van der Waals surface area (Å²) in [6.45, 7) is 3.81. The topological polar surface area (TPSA) is 110 Å². The molecule has 0 radical (unpaired) electrons. The van der Waals surface area contributed by atoms with Crippen molar-refractivity contribution in [2.24, 2.45) is 9.50 Å². The number of aromatic nitrogens is 1. The zero-order valence-electron chi connectivity index (χ0n) is 18.3. The SMILES string of the molecule is Cc1ccc(C)c(S(=O)(=O)NN=Cc2sc(=NS(=O)(=O)c3ccccc3)n(CCCCl)c2Cl)c1. The number of hydrogen-bond acceptors (Lipinski definition) is 6. The van der Waals surface area contributed by atoms with E-state index in [2.05, 4.69) is 14.3 Å². The third kappa shape index (κ3) is 6.28. The number of thiazole rings is 1. The van der Waals surface area contributed by atoms with Gasteiger partial charge >= 0.3 is 0 Å². The van der Waals surface area contributed by atoms with Gasteiger partial charge in [0.15, 0.2) is 0 Å². The van der Waals surface area contributed by atoms with Crippen LogP contribution in [-0.2, 0) is 26.6 Å². The summed E-state index contributed by atoms with van der Waals surface area (Å²) in [7, 11) is -7.89. The van der Waals surface area contributed by atoms with Crippen molar-refractivity contribution in [3.63, 3.8) is 0 Å². The van der Waals surface area contributed by atoms with Crippen LogP contribution in [0.4, 0.5) is 0 Å². The summed E-state index contributed by atoms with van der Waals surface area (Å²) < 4.78 is 56.3. The Morgan fingerprint density at radius 2 is 1.79 bits per heavy atom. The third-order valence-corrected chi connectivity index (χ3v) is 9.18. The van der Waals surface area contributed by atoms with Crippen molar-refractivity contribution in [1.29, 1.82) is 0 Å². The van der Waals surface area contributed by atoms with E-state index in [0.717, 1.165) is 16.9 Å².